The fraction of sp³-hybridized carbons (Fsp3) is 0.375. The summed E-state index contributed by atoms with van der Waals surface area (Å²) in [7, 11) is 1.73. The molecule has 1 heterocycles. The number of allylic oxidation sites excluding steroid dienone is 1. The van der Waals surface area contributed by atoms with Gasteiger partial charge in [-0.05, 0) is 6.92 Å². The lowest BCUT2D eigenvalue weighted by atomic mass is 10.1. The van der Waals surface area contributed by atoms with Gasteiger partial charge in [-0.2, -0.15) is 0 Å². The second-order valence-electron chi connectivity index (χ2n) is 2.83. The Balaban J connectivity index is 2.72. The number of rotatable bonds is 3. The maximum Gasteiger partial charge on any atom is 0.188 e. The van der Waals surface area contributed by atoms with Crippen molar-refractivity contribution < 1.29 is 4.79 Å². The molecule has 0 unspecified atom stereocenters. The highest BCUT2D eigenvalue weighted by atomic mass is 16.1. The zero-order valence-electron chi connectivity index (χ0n) is 7.24. The van der Waals surface area contributed by atoms with Gasteiger partial charge in [0.25, 0.3) is 0 Å². The van der Waals surface area contributed by atoms with Gasteiger partial charge in [0.15, 0.2) is 5.78 Å². The third kappa shape index (κ3) is 2.02. The molecule has 0 aromatic carbocycles. The molecule has 0 aliphatic carbocycles. The second-order valence-corrected chi connectivity index (χ2v) is 2.83. The van der Waals surface area contributed by atoms with E-state index in [0.717, 1.165) is 5.57 Å². The first-order valence-electron chi connectivity index (χ1n) is 3.63. The number of hydrogen-bond acceptors (Lipinski definition) is 3. The Morgan fingerprint density at radius 3 is 2.83 bits per heavy atom. The molecular weight excluding hydrogens is 154 g/mol. The molecule has 0 fully saturated rings. The van der Waals surface area contributed by atoms with Crippen molar-refractivity contribution in [3.8, 4) is 0 Å². The van der Waals surface area contributed by atoms with Crippen LogP contribution in [0.25, 0.3) is 0 Å². The fourth-order valence-corrected chi connectivity index (χ4v) is 0.840. The Kier molecular flexibility index (Phi) is 2.38. The quantitative estimate of drug-likeness (QED) is 0.495. The molecule has 1 rings (SSSR count). The van der Waals surface area contributed by atoms with Crippen molar-refractivity contribution in [3.05, 3.63) is 24.0 Å². The lowest BCUT2D eigenvalue weighted by Gasteiger charge is -1.93. The van der Waals surface area contributed by atoms with E-state index in [0.29, 0.717) is 12.1 Å². The molecule has 0 aliphatic rings. The third-order valence-electron chi connectivity index (χ3n) is 1.35. The van der Waals surface area contributed by atoms with Crippen molar-refractivity contribution in [2.45, 2.75) is 13.3 Å². The van der Waals surface area contributed by atoms with Gasteiger partial charge >= 0.3 is 0 Å². The van der Waals surface area contributed by atoms with Crippen LogP contribution in [-0.4, -0.2) is 20.8 Å². The normalized spacial score (nSPS) is 9.83. The number of aryl methyl sites for hydroxylation is 1. The molecule has 0 aliphatic heterocycles. The van der Waals surface area contributed by atoms with Crippen molar-refractivity contribution in [2.24, 2.45) is 7.05 Å². The van der Waals surface area contributed by atoms with Gasteiger partial charge in [0, 0.05) is 13.5 Å². The number of carbonyl (C=O) groups is 1. The van der Waals surface area contributed by atoms with E-state index in [1.54, 1.807) is 13.2 Å². The van der Waals surface area contributed by atoms with Crippen LogP contribution >= 0.6 is 0 Å². The lowest BCUT2D eigenvalue weighted by Crippen LogP contribution is -1.99. The molecule has 0 saturated carbocycles. The molecule has 0 spiro atoms. The van der Waals surface area contributed by atoms with Crippen LogP contribution in [0.15, 0.2) is 18.3 Å². The smallest absolute Gasteiger partial charge is 0.188 e. The second kappa shape index (κ2) is 3.30. The van der Waals surface area contributed by atoms with Crippen molar-refractivity contribution in [1.82, 2.24) is 15.0 Å². The van der Waals surface area contributed by atoms with Crippen molar-refractivity contribution in [3.63, 3.8) is 0 Å². The van der Waals surface area contributed by atoms with Crippen molar-refractivity contribution in [2.75, 3.05) is 0 Å². The van der Waals surface area contributed by atoms with E-state index >= 15 is 0 Å². The summed E-state index contributed by atoms with van der Waals surface area (Å²) < 4.78 is 1.51. The van der Waals surface area contributed by atoms with Crippen LogP contribution in [0.2, 0.25) is 0 Å². The Bertz CT molecular complexity index is 314. The summed E-state index contributed by atoms with van der Waals surface area (Å²) in [5.41, 5.74) is 1.24. The minimum Gasteiger partial charge on any atom is -0.292 e. The molecule has 0 saturated heterocycles. The van der Waals surface area contributed by atoms with Crippen LogP contribution in [-0.2, 0) is 7.05 Å². The van der Waals surface area contributed by atoms with Gasteiger partial charge in [-0.1, -0.05) is 17.4 Å². The fourth-order valence-electron chi connectivity index (χ4n) is 0.840. The summed E-state index contributed by atoms with van der Waals surface area (Å²) in [5, 5.41) is 7.35. The number of nitrogens with zero attached hydrogens (tertiary/aromatic N) is 3. The maximum absolute atomic E-state index is 11.3. The van der Waals surface area contributed by atoms with E-state index in [-0.39, 0.29) is 5.78 Å². The minimum absolute atomic E-state index is 0.0319. The van der Waals surface area contributed by atoms with Crippen LogP contribution in [0.3, 0.4) is 0 Å². The number of Topliss-reactive ketones (excluding diaryl/α,β-unsaturated/α-hetero) is 1. The van der Waals surface area contributed by atoms with Crippen molar-refractivity contribution in [1.29, 1.82) is 0 Å². The highest BCUT2D eigenvalue weighted by Gasteiger charge is 2.08. The van der Waals surface area contributed by atoms with Crippen LogP contribution in [0, 0.1) is 0 Å². The molecule has 0 N–H and O–H groups in total. The summed E-state index contributed by atoms with van der Waals surface area (Å²) in [6.45, 7) is 5.47. The standard InChI is InChI=1S/C8H11N3O/c1-6(2)4-8(12)7-5-11(3)10-9-7/h5H,1,4H2,2-3H3. The number of aromatic nitrogens is 3. The first kappa shape index (κ1) is 8.64. The molecule has 64 valence electrons. The summed E-state index contributed by atoms with van der Waals surface area (Å²) in [5.74, 6) is -0.0319. The predicted molar refractivity (Wildman–Crippen MR) is 44.8 cm³/mol. The topological polar surface area (TPSA) is 47.8 Å². The van der Waals surface area contributed by atoms with E-state index in [4.69, 9.17) is 0 Å². The monoisotopic (exact) mass is 165 g/mol. The Morgan fingerprint density at radius 2 is 2.42 bits per heavy atom. The lowest BCUT2D eigenvalue weighted by molar-refractivity contribution is 0.0988. The van der Waals surface area contributed by atoms with Crippen LogP contribution in [0.1, 0.15) is 23.8 Å². The Morgan fingerprint density at radius 1 is 1.75 bits per heavy atom. The number of carbonyl (C=O) groups excluding carboxylic acids is 1. The van der Waals surface area contributed by atoms with E-state index in [9.17, 15) is 4.79 Å². The highest BCUT2D eigenvalue weighted by Crippen LogP contribution is 2.03. The Hall–Kier alpha value is -1.45. The first-order chi connectivity index (χ1) is 5.59. The highest BCUT2D eigenvalue weighted by molar-refractivity contribution is 5.95. The van der Waals surface area contributed by atoms with E-state index in [1.165, 1.54) is 4.68 Å². The van der Waals surface area contributed by atoms with Crippen LogP contribution in [0.5, 0.6) is 0 Å². The van der Waals surface area contributed by atoms with E-state index in [1.807, 2.05) is 6.92 Å². The Labute approximate surface area is 70.9 Å². The van der Waals surface area contributed by atoms with Gasteiger partial charge in [0.1, 0.15) is 5.69 Å². The van der Waals surface area contributed by atoms with Crippen molar-refractivity contribution >= 4 is 5.78 Å². The zero-order valence-corrected chi connectivity index (χ0v) is 7.24. The van der Waals surface area contributed by atoms with Crippen LogP contribution < -0.4 is 0 Å². The van der Waals surface area contributed by atoms with Gasteiger partial charge in [-0.25, -0.2) is 0 Å². The predicted octanol–water partition coefficient (Wildman–Crippen LogP) is 0.964. The van der Waals surface area contributed by atoms with Crippen LogP contribution in [0.4, 0.5) is 0 Å². The van der Waals surface area contributed by atoms with Gasteiger partial charge < -0.3 is 0 Å². The zero-order chi connectivity index (χ0) is 9.14. The molecule has 1 aromatic rings. The van der Waals surface area contributed by atoms with Gasteiger partial charge in [0.05, 0.1) is 6.20 Å². The largest absolute Gasteiger partial charge is 0.292 e. The maximum atomic E-state index is 11.3. The summed E-state index contributed by atoms with van der Waals surface area (Å²) in [4.78, 5) is 11.3. The number of hydrogen-bond donors (Lipinski definition) is 0. The summed E-state index contributed by atoms with van der Waals surface area (Å²) >= 11 is 0. The molecule has 0 radical (unpaired) electrons. The molecular formula is C8H11N3O. The molecule has 0 amide bonds. The molecule has 1 aromatic heterocycles. The van der Waals surface area contributed by atoms with Gasteiger partial charge in [-0.15, -0.1) is 5.10 Å². The summed E-state index contributed by atoms with van der Waals surface area (Å²) in [6.07, 6.45) is 1.95. The average molecular weight is 165 g/mol. The summed E-state index contributed by atoms with van der Waals surface area (Å²) in [6, 6.07) is 0. The third-order valence-corrected chi connectivity index (χ3v) is 1.35. The average Bonchev–Trinajstić information content (AvgIpc) is 2.34. The van der Waals surface area contributed by atoms with Gasteiger partial charge in [-0.3, -0.25) is 9.48 Å². The molecule has 4 nitrogen and oxygen atoms in total. The van der Waals surface area contributed by atoms with Gasteiger partial charge in [0.2, 0.25) is 0 Å². The molecule has 4 heteroatoms. The number of ketones is 1. The SMILES string of the molecule is C=C(C)CC(=O)c1cn(C)nn1. The van der Waals surface area contributed by atoms with E-state index < -0.39 is 0 Å². The molecule has 0 atom stereocenters. The molecule has 0 bridgehead atoms. The first-order valence-corrected chi connectivity index (χ1v) is 3.63. The van der Waals surface area contributed by atoms with E-state index in [2.05, 4.69) is 16.9 Å². The minimum atomic E-state index is -0.0319. The molecule has 12 heavy (non-hydrogen) atoms.